The van der Waals surface area contributed by atoms with Crippen LogP contribution in [0.1, 0.15) is 12.0 Å². The number of anilines is 1. The Kier molecular flexibility index (Phi) is 4.48. The van der Waals surface area contributed by atoms with E-state index in [1.54, 1.807) is 4.90 Å². The summed E-state index contributed by atoms with van der Waals surface area (Å²) in [5.41, 5.74) is 1.99. The van der Waals surface area contributed by atoms with Gasteiger partial charge in [-0.1, -0.05) is 53.0 Å². The number of ether oxygens (including phenoxy) is 1. The molecule has 6 heteroatoms. The fourth-order valence-corrected chi connectivity index (χ4v) is 3.39. The van der Waals surface area contributed by atoms with Crippen molar-refractivity contribution in [3.8, 4) is 5.75 Å². The molecular formula is C16H12Cl3NO2. The maximum Gasteiger partial charge on any atom is 0.419 e. The Labute approximate surface area is 143 Å². The van der Waals surface area contributed by atoms with Gasteiger partial charge in [0.2, 0.25) is 0 Å². The van der Waals surface area contributed by atoms with Crippen molar-refractivity contribution in [2.45, 2.75) is 12.8 Å². The molecule has 1 aliphatic rings. The molecule has 0 bridgehead atoms. The molecule has 1 heterocycles. The number of nitrogens with zero attached hydrogens (tertiary/aromatic N) is 1. The van der Waals surface area contributed by atoms with E-state index in [4.69, 9.17) is 39.5 Å². The molecule has 2 aromatic rings. The molecule has 22 heavy (non-hydrogen) atoms. The second-order valence-corrected chi connectivity index (χ2v) is 6.20. The Morgan fingerprint density at radius 1 is 1.09 bits per heavy atom. The van der Waals surface area contributed by atoms with Gasteiger partial charge in [-0.2, -0.15) is 0 Å². The second kappa shape index (κ2) is 6.37. The first-order valence-corrected chi connectivity index (χ1v) is 7.91. The zero-order valence-electron chi connectivity index (χ0n) is 11.5. The average molecular weight is 357 g/mol. The molecule has 1 aliphatic heterocycles. The number of hydrogen-bond acceptors (Lipinski definition) is 2. The zero-order chi connectivity index (χ0) is 15.7. The third-order valence-corrected chi connectivity index (χ3v) is 4.26. The van der Waals surface area contributed by atoms with Gasteiger partial charge in [-0.05, 0) is 36.6 Å². The fourth-order valence-electron chi connectivity index (χ4n) is 2.49. The number of hydrogen-bond donors (Lipinski definition) is 0. The van der Waals surface area contributed by atoms with Gasteiger partial charge < -0.3 is 4.74 Å². The number of aryl methyl sites for hydroxylation is 1. The molecule has 0 radical (unpaired) electrons. The Bertz CT molecular complexity index is 710. The molecule has 0 saturated carbocycles. The lowest BCUT2D eigenvalue weighted by atomic mass is 10.0. The van der Waals surface area contributed by atoms with Crippen LogP contribution in [0.5, 0.6) is 5.75 Å². The summed E-state index contributed by atoms with van der Waals surface area (Å²) in [5.74, 6) is 0.126. The molecule has 0 aliphatic carbocycles. The number of fused-ring (bicyclic) bond motifs is 1. The van der Waals surface area contributed by atoms with E-state index in [0.717, 1.165) is 24.1 Å². The lowest BCUT2D eigenvalue weighted by molar-refractivity contribution is 0.207. The van der Waals surface area contributed by atoms with E-state index in [0.29, 0.717) is 11.6 Å². The largest absolute Gasteiger partial charge is 0.419 e. The first-order chi connectivity index (χ1) is 10.6. The lowest BCUT2D eigenvalue weighted by Crippen LogP contribution is -2.37. The third-order valence-electron chi connectivity index (χ3n) is 3.48. The Morgan fingerprint density at radius 3 is 2.50 bits per heavy atom. The summed E-state index contributed by atoms with van der Waals surface area (Å²) >= 11 is 18.0. The van der Waals surface area contributed by atoms with Crippen LogP contribution < -0.4 is 9.64 Å². The van der Waals surface area contributed by atoms with Crippen molar-refractivity contribution >= 4 is 46.6 Å². The van der Waals surface area contributed by atoms with E-state index in [2.05, 4.69) is 0 Å². The summed E-state index contributed by atoms with van der Waals surface area (Å²) in [4.78, 5) is 14.1. The summed E-state index contributed by atoms with van der Waals surface area (Å²) in [7, 11) is 0. The van der Waals surface area contributed by atoms with Gasteiger partial charge in [0.1, 0.15) is 0 Å². The highest BCUT2D eigenvalue weighted by Crippen LogP contribution is 2.37. The molecule has 114 valence electrons. The van der Waals surface area contributed by atoms with Gasteiger partial charge in [-0.15, -0.1) is 0 Å². The van der Waals surface area contributed by atoms with E-state index in [-0.39, 0.29) is 15.8 Å². The van der Waals surface area contributed by atoms with Gasteiger partial charge in [0.25, 0.3) is 0 Å². The van der Waals surface area contributed by atoms with Gasteiger partial charge in [-0.25, -0.2) is 4.79 Å². The lowest BCUT2D eigenvalue weighted by Gasteiger charge is -2.28. The van der Waals surface area contributed by atoms with Crippen molar-refractivity contribution < 1.29 is 9.53 Å². The highest BCUT2D eigenvalue weighted by Gasteiger charge is 2.25. The minimum atomic E-state index is -0.502. The molecule has 0 fully saturated rings. The average Bonchev–Trinajstić information content (AvgIpc) is 2.50. The van der Waals surface area contributed by atoms with Crippen LogP contribution in [0.4, 0.5) is 10.5 Å². The van der Waals surface area contributed by atoms with Crippen molar-refractivity contribution in [3.63, 3.8) is 0 Å². The highest BCUT2D eigenvalue weighted by molar-refractivity contribution is 6.40. The SMILES string of the molecule is O=C(Oc1c(Cl)cc(Cl)cc1Cl)N1CCCc2ccccc21. The van der Waals surface area contributed by atoms with Crippen LogP contribution in [0.15, 0.2) is 36.4 Å². The molecule has 0 spiro atoms. The molecule has 3 rings (SSSR count). The van der Waals surface area contributed by atoms with E-state index in [9.17, 15) is 4.79 Å². The topological polar surface area (TPSA) is 29.5 Å². The Balaban J connectivity index is 1.88. The Hall–Kier alpha value is -1.42. The van der Waals surface area contributed by atoms with E-state index < -0.39 is 6.09 Å². The van der Waals surface area contributed by atoms with Crippen LogP contribution in [0.2, 0.25) is 15.1 Å². The summed E-state index contributed by atoms with van der Waals surface area (Å²) in [6, 6.07) is 10.7. The normalized spacial score (nSPS) is 13.7. The van der Waals surface area contributed by atoms with Crippen LogP contribution in [-0.2, 0) is 6.42 Å². The molecule has 0 atom stereocenters. The van der Waals surface area contributed by atoms with Crippen molar-refractivity contribution in [2.75, 3.05) is 11.4 Å². The van der Waals surface area contributed by atoms with E-state index in [1.807, 2.05) is 24.3 Å². The number of halogens is 3. The number of amides is 1. The first kappa shape index (κ1) is 15.5. The van der Waals surface area contributed by atoms with Gasteiger partial charge in [0.15, 0.2) is 5.75 Å². The minimum Gasteiger partial charge on any atom is -0.407 e. The van der Waals surface area contributed by atoms with Crippen LogP contribution in [0, 0.1) is 0 Å². The number of benzene rings is 2. The molecule has 0 unspecified atom stereocenters. The molecule has 0 aromatic heterocycles. The van der Waals surface area contributed by atoms with Gasteiger partial charge in [0.05, 0.1) is 15.7 Å². The van der Waals surface area contributed by atoms with Gasteiger partial charge in [-0.3, -0.25) is 4.90 Å². The summed E-state index contributed by atoms with van der Waals surface area (Å²) in [5, 5.41) is 0.797. The highest BCUT2D eigenvalue weighted by atomic mass is 35.5. The minimum absolute atomic E-state index is 0.126. The van der Waals surface area contributed by atoms with Crippen LogP contribution >= 0.6 is 34.8 Å². The van der Waals surface area contributed by atoms with Gasteiger partial charge in [0, 0.05) is 11.6 Å². The van der Waals surface area contributed by atoms with Gasteiger partial charge >= 0.3 is 6.09 Å². The van der Waals surface area contributed by atoms with Crippen LogP contribution in [0.25, 0.3) is 0 Å². The number of rotatable bonds is 1. The number of para-hydroxylation sites is 1. The summed E-state index contributed by atoms with van der Waals surface area (Å²) in [6.07, 6.45) is 1.33. The first-order valence-electron chi connectivity index (χ1n) is 6.78. The number of carbonyl (C=O) groups is 1. The molecule has 0 N–H and O–H groups in total. The van der Waals surface area contributed by atoms with E-state index >= 15 is 0 Å². The fraction of sp³-hybridized carbons (Fsp3) is 0.188. The molecule has 0 saturated heterocycles. The Morgan fingerprint density at radius 2 is 1.77 bits per heavy atom. The third kappa shape index (κ3) is 3.02. The standard InChI is InChI=1S/C16H12Cl3NO2/c17-11-8-12(18)15(13(19)9-11)22-16(21)20-7-3-5-10-4-1-2-6-14(10)20/h1-2,4,6,8-9H,3,5,7H2. The molecule has 3 nitrogen and oxygen atoms in total. The van der Waals surface area contributed by atoms with Crippen molar-refractivity contribution in [3.05, 3.63) is 57.0 Å². The maximum atomic E-state index is 12.5. The molecular weight excluding hydrogens is 345 g/mol. The van der Waals surface area contributed by atoms with Crippen LogP contribution in [0.3, 0.4) is 0 Å². The predicted octanol–water partition coefficient (Wildman–Crippen LogP) is 5.60. The zero-order valence-corrected chi connectivity index (χ0v) is 13.8. The maximum absolute atomic E-state index is 12.5. The van der Waals surface area contributed by atoms with Crippen LogP contribution in [-0.4, -0.2) is 12.6 Å². The quantitative estimate of drug-likeness (QED) is 0.665. The van der Waals surface area contributed by atoms with Crippen molar-refractivity contribution in [2.24, 2.45) is 0 Å². The molecule has 1 amide bonds. The summed E-state index contributed by atoms with van der Waals surface area (Å²) in [6.45, 7) is 0.596. The number of carbonyl (C=O) groups excluding carboxylic acids is 1. The predicted molar refractivity (Wildman–Crippen MR) is 89.6 cm³/mol. The van der Waals surface area contributed by atoms with E-state index in [1.165, 1.54) is 12.1 Å². The molecule has 2 aromatic carbocycles. The summed E-state index contributed by atoms with van der Waals surface area (Å²) < 4.78 is 5.39. The van der Waals surface area contributed by atoms with Crippen molar-refractivity contribution in [1.29, 1.82) is 0 Å². The smallest absolute Gasteiger partial charge is 0.407 e. The monoisotopic (exact) mass is 355 g/mol. The van der Waals surface area contributed by atoms with Crippen molar-refractivity contribution in [1.82, 2.24) is 0 Å². The second-order valence-electron chi connectivity index (χ2n) is 4.95.